The van der Waals surface area contributed by atoms with E-state index in [2.05, 4.69) is 20.7 Å². The molecule has 1 aromatic rings. The second-order valence-corrected chi connectivity index (χ2v) is 8.50. The Kier molecular flexibility index (Phi) is 5.16. The number of halogens is 4. The van der Waals surface area contributed by atoms with Crippen molar-refractivity contribution in [2.45, 2.75) is 37.7 Å². The maximum atomic E-state index is 13.0. The molecule has 0 aliphatic carbocycles. The summed E-state index contributed by atoms with van der Waals surface area (Å²) in [4.78, 5) is 0.0898. The zero-order valence-corrected chi connectivity index (χ0v) is 13.2. The lowest BCUT2D eigenvalue weighted by molar-refractivity contribution is -0.152. The van der Waals surface area contributed by atoms with Crippen molar-refractivity contribution < 1.29 is 17.7 Å². The Bertz CT molecular complexity index is 403. The van der Waals surface area contributed by atoms with Crippen LogP contribution in [0.1, 0.15) is 31.7 Å². The molecule has 1 rings (SSSR count). The van der Waals surface area contributed by atoms with Gasteiger partial charge in [0.25, 0.3) is 0 Å². The maximum Gasteiger partial charge on any atom is 0.412 e. The van der Waals surface area contributed by atoms with Gasteiger partial charge in [-0.3, -0.25) is 0 Å². The van der Waals surface area contributed by atoms with Crippen LogP contribution in [-0.2, 0) is 11.4 Å². The van der Waals surface area contributed by atoms with Gasteiger partial charge in [-0.25, -0.2) is 0 Å². The first-order chi connectivity index (χ1) is 8.01. The normalized spacial score (nSPS) is 16.7. The monoisotopic (exact) mass is 363 g/mol. The molecule has 0 spiro atoms. The molecule has 8 heteroatoms. The van der Waals surface area contributed by atoms with Crippen LogP contribution in [0.25, 0.3) is 0 Å². The molecule has 104 valence electrons. The third kappa shape index (κ3) is 4.41. The van der Waals surface area contributed by atoms with E-state index in [1.807, 2.05) is 0 Å². The molecule has 2 nitrogen and oxygen atoms in total. The molecule has 0 aromatic carbocycles. The smallest absolute Gasteiger partial charge is 0.412 e. The maximum absolute atomic E-state index is 13.0. The molecule has 1 heterocycles. The van der Waals surface area contributed by atoms with Crippen LogP contribution >= 0.6 is 27.3 Å². The molecule has 0 amide bonds. The highest BCUT2D eigenvalue weighted by Crippen LogP contribution is 2.38. The first kappa shape index (κ1) is 16.3. The summed E-state index contributed by atoms with van der Waals surface area (Å²) in [6.45, 7) is 4.86. The molecular formula is C10H13BrF3NOS2. The number of rotatable bonds is 3. The summed E-state index contributed by atoms with van der Waals surface area (Å²) in [7, 11) is 0. The molecule has 1 aromatic heterocycles. The van der Waals surface area contributed by atoms with E-state index in [9.17, 15) is 17.7 Å². The van der Waals surface area contributed by atoms with E-state index in [4.69, 9.17) is 0 Å². The van der Waals surface area contributed by atoms with Gasteiger partial charge in [0.1, 0.15) is 4.75 Å². The van der Waals surface area contributed by atoms with Crippen molar-refractivity contribution in [3.63, 3.8) is 0 Å². The summed E-state index contributed by atoms with van der Waals surface area (Å²) in [5.74, 6) is 0. The number of nitrogens with one attached hydrogen (secondary N) is 1. The molecule has 0 bridgehead atoms. The van der Waals surface area contributed by atoms with E-state index >= 15 is 0 Å². The average molecular weight is 364 g/mol. The van der Waals surface area contributed by atoms with Crippen LogP contribution in [0.5, 0.6) is 0 Å². The Morgan fingerprint density at radius 2 is 1.94 bits per heavy atom. The van der Waals surface area contributed by atoms with Crippen molar-refractivity contribution in [1.29, 1.82) is 0 Å². The van der Waals surface area contributed by atoms with Crippen molar-refractivity contribution in [2.75, 3.05) is 0 Å². The summed E-state index contributed by atoms with van der Waals surface area (Å²) >= 11 is 2.30. The Morgan fingerprint density at radius 1 is 1.39 bits per heavy atom. The van der Waals surface area contributed by atoms with Crippen LogP contribution in [0.2, 0.25) is 0 Å². The Balaban J connectivity index is 2.95. The second-order valence-electron chi connectivity index (χ2n) is 4.64. The van der Waals surface area contributed by atoms with E-state index in [0.717, 1.165) is 11.3 Å². The van der Waals surface area contributed by atoms with Crippen LogP contribution in [0.4, 0.5) is 13.2 Å². The lowest BCUT2D eigenvalue weighted by atomic mass is 10.2. The quantitative estimate of drug-likeness (QED) is 0.818. The highest BCUT2D eigenvalue weighted by atomic mass is 79.9. The van der Waals surface area contributed by atoms with Gasteiger partial charge in [-0.05, 0) is 42.8 Å². The average Bonchev–Trinajstić information content (AvgIpc) is 2.57. The Morgan fingerprint density at radius 3 is 2.28 bits per heavy atom. The Hall–Kier alpha value is 0.240. The topological polar surface area (TPSA) is 35.1 Å². The van der Waals surface area contributed by atoms with Gasteiger partial charge in [0.05, 0.1) is 0 Å². The van der Waals surface area contributed by atoms with Gasteiger partial charge in [-0.2, -0.15) is 13.2 Å². The van der Waals surface area contributed by atoms with Crippen molar-refractivity contribution in [3.05, 3.63) is 20.8 Å². The number of hydrogen-bond donors (Lipinski definition) is 1. The van der Waals surface area contributed by atoms with Gasteiger partial charge < -0.3 is 4.55 Å². The highest BCUT2D eigenvalue weighted by Gasteiger charge is 2.46. The van der Waals surface area contributed by atoms with E-state index < -0.39 is 28.3 Å². The predicted molar refractivity (Wildman–Crippen MR) is 71.8 cm³/mol. The van der Waals surface area contributed by atoms with Crippen molar-refractivity contribution >= 4 is 38.6 Å². The number of alkyl halides is 3. The highest BCUT2D eigenvalue weighted by molar-refractivity contribution is 9.10. The van der Waals surface area contributed by atoms with Crippen molar-refractivity contribution in [1.82, 2.24) is 4.72 Å². The predicted octanol–water partition coefficient (Wildman–Crippen LogP) is 4.17. The minimum Gasteiger partial charge on any atom is -0.598 e. The van der Waals surface area contributed by atoms with Gasteiger partial charge >= 0.3 is 6.18 Å². The fourth-order valence-corrected chi connectivity index (χ4v) is 3.47. The zero-order chi connectivity index (χ0) is 14.1. The summed E-state index contributed by atoms with van der Waals surface area (Å²) < 4.78 is 52.7. The number of hydrogen-bond acceptors (Lipinski definition) is 3. The second kappa shape index (κ2) is 5.70. The zero-order valence-electron chi connectivity index (χ0n) is 9.97. The van der Waals surface area contributed by atoms with Crippen molar-refractivity contribution in [3.8, 4) is 0 Å². The van der Waals surface area contributed by atoms with Crippen LogP contribution in [0.15, 0.2) is 15.9 Å². The van der Waals surface area contributed by atoms with E-state index in [-0.39, 0.29) is 4.88 Å². The van der Waals surface area contributed by atoms with Crippen LogP contribution in [0.3, 0.4) is 0 Å². The third-order valence-electron chi connectivity index (χ3n) is 1.98. The first-order valence-electron chi connectivity index (χ1n) is 5.00. The van der Waals surface area contributed by atoms with E-state index in [1.165, 1.54) is 6.07 Å². The summed E-state index contributed by atoms with van der Waals surface area (Å²) in [6.07, 6.45) is -4.48. The van der Waals surface area contributed by atoms with Crippen LogP contribution in [-0.4, -0.2) is 15.5 Å². The van der Waals surface area contributed by atoms with Gasteiger partial charge in [0, 0.05) is 26.1 Å². The molecule has 1 N–H and O–H groups in total. The third-order valence-corrected chi connectivity index (χ3v) is 5.30. The van der Waals surface area contributed by atoms with Gasteiger partial charge in [-0.1, -0.05) is 0 Å². The van der Waals surface area contributed by atoms with Gasteiger partial charge in [0.2, 0.25) is 0 Å². The lowest BCUT2D eigenvalue weighted by Crippen LogP contribution is -2.45. The summed E-state index contributed by atoms with van der Waals surface area (Å²) in [6, 6.07) is -0.524. The summed E-state index contributed by atoms with van der Waals surface area (Å²) in [5, 5.41) is 1.57. The Labute approximate surface area is 119 Å². The molecule has 0 aliphatic rings. The largest absolute Gasteiger partial charge is 0.598 e. The molecular weight excluding hydrogens is 351 g/mol. The van der Waals surface area contributed by atoms with Crippen LogP contribution in [0, 0.1) is 0 Å². The molecule has 18 heavy (non-hydrogen) atoms. The first-order valence-corrected chi connectivity index (χ1v) is 7.83. The fraction of sp³-hybridized carbons (Fsp3) is 0.600. The van der Waals surface area contributed by atoms with Crippen LogP contribution < -0.4 is 4.72 Å². The lowest BCUT2D eigenvalue weighted by Gasteiger charge is -2.28. The van der Waals surface area contributed by atoms with E-state index in [1.54, 1.807) is 26.2 Å². The minimum absolute atomic E-state index is 0.0898. The number of thiophene rings is 1. The molecule has 0 radical (unpaired) electrons. The molecule has 0 fully saturated rings. The van der Waals surface area contributed by atoms with Gasteiger partial charge in [-0.15, -0.1) is 16.1 Å². The standard InChI is InChI=1S/C10H13BrF3NOS2/c1-9(2,3)18(16)15-8(10(12,13)14)7-4-6(11)5-17-7/h4-5,8,15H,1-3H3/t8-,18?/m0/s1. The molecule has 2 atom stereocenters. The minimum atomic E-state index is -4.48. The molecule has 0 saturated heterocycles. The molecule has 0 aliphatic heterocycles. The fourth-order valence-electron chi connectivity index (χ4n) is 1.05. The van der Waals surface area contributed by atoms with E-state index in [0.29, 0.717) is 4.47 Å². The molecule has 0 saturated carbocycles. The molecule has 1 unspecified atom stereocenters. The summed E-state index contributed by atoms with van der Waals surface area (Å²) in [5.41, 5.74) is 0. The van der Waals surface area contributed by atoms with Gasteiger partial charge in [0.15, 0.2) is 6.04 Å². The SMILES string of the molecule is CC(C)(C)[S+]([O-])N[C@@H](c1cc(Br)cs1)C(F)(F)F. The van der Waals surface area contributed by atoms with Crippen molar-refractivity contribution in [2.24, 2.45) is 0 Å².